The minimum atomic E-state index is -0.178. The molecule has 2 aliphatic rings. The number of fused-ring (bicyclic) bond motifs is 1. The third kappa shape index (κ3) is 5.22. The van der Waals surface area contributed by atoms with Crippen molar-refractivity contribution < 1.29 is 0 Å². The van der Waals surface area contributed by atoms with Gasteiger partial charge in [0.25, 0.3) is 0 Å². The monoisotopic (exact) mass is 456 g/mol. The third-order valence-corrected chi connectivity index (χ3v) is 11.1. The molecule has 0 bridgehead atoms. The van der Waals surface area contributed by atoms with Crippen molar-refractivity contribution in [3.05, 3.63) is 65.9 Å². The van der Waals surface area contributed by atoms with E-state index >= 15 is 0 Å². The van der Waals surface area contributed by atoms with Crippen molar-refractivity contribution in [3.8, 4) is 0 Å². The van der Waals surface area contributed by atoms with E-state index in [0.717, 1.165) is 28.4 Å². The van der Waals surface area contributed by atoms with Crippen molar-refractivity contribution in [1.82, 2.24) is 4.98 Å². The van der Waals surface area contributed by atoms with E-state index < -0.39 is 0 Å². The molecule has 3 heteroatoms. The Bertz CT molecular complexity index is 1090. The molecule has 0 amide bonds. The van der Waals surface area contributed by atoms with Crippen LogP contribution >= 0.6 is 7.92 Å². The second kappa shape index (κ2) is 10.5. The molecule has 172 valence electrons. The van der Waals surface area contributed by atoms with Crippen molar-refractivity contribution >= 4 is 35.5 Å². The molecule has 3 aromatic rings. The van der Waals surface area contributed by atoms with Crippen LogP contribution in [0.1, 0.15) is 82.4 Å². The summed E-state index contributed by atoms with van der Waals surface area (Å²) in [6, 6.07) is 19.8. The van der Waals surface area contributed by atoms with Gasteiger partial charge in [-0.15, -0.1) is 0 Å². The lowest BCUT2D eigenvalue weighted by Gasteiger charge is -2.39. The van der Waals surface area contributed by atoms with E-state index in [-0.39, 0.29) is 7.92 Å². The Hall–Kier alpha value is -2.05. The van der Waals surface area contributed by atoms with Gasteiger partial charge in [0, 0.05) is 10.7 Å². The van der Waals surface area contributed by atoms with Gasteiger partial charge in [-0.05, 0) is 69.0 Å². The lowest BCUT2D eigenvalue weighted by molar-refractivity contribution is 0.487. The van der Waals surface area contributed by atoms with Gasteiger partial charge in [0.05, 0.1) is 22.6 Å². The van der Waals surface area contributed by atoms with E-state index in [4.69, 9.17) is 9.98 Å². The zero-order chi connectivity index (χ0) is 22.6. The van der Waals surface area contributed by atoms with Crippen LogP contribution in [0.3, 0.4) is 0 Å². The summed E-state index contributed by atoms with van der Waals surface area (Å²) in [5.41, 5.74) is 7.29. The van der Waals surface area contributed by atoms with Crippen LogP contribution in [-0.4, -0.2) is 22.0 Å². The van der Waals surface area contributed by atoms with Crippen molar-refractivity contribution in [1.29, 1.82) is 0 Å². The SMILES string of the molecule is CC(=Nc1ccc(C)cc1)c1ccc2cccc(P(C3CCCCC3)C3CCCCC3)c2n1. The number of pyridine rings is 1. The highest BCUT2D eigenvalue weighted by Gasteiger charge is 2.33. The van der Waals surface area contributed by atoms with Gasteiger partial charge in [-0.3, -0.25) is 4.99 Å². The maximum Gasteiger partial charge on any atom is 0.0849 e. The average molecular weight is 457 g/mol. The van der Waals surface area contributed by atoms with Crippen molar-refractivity contribution in [3.63, 3.8) is 0 Å². The Kier molecular flexibility index (Phi) is 7.21. The molecule has 2 aliphatic carbocycles. The number of aryl methyl sites for hydroxylation is 1. The van der Waals surface area contributed by atoms with E-state index in [1.807, 2.05) is 0 Å². The summed E-state index contributed by atoms with van der Waals surface area (Å²) < 4.78 is 0. The number of aliphatic imine (C=N–C) groups is 1. The van der Waals surface area contributed by atoms with E-state index in [1.54, 1.807) is 5.30 Å². The van der Waals surface area contributed by atoms with Gasteiger partial charge in [0.15, 0.2) is 0 Å². The van der Waals surface area contributed by atoms with Gasteiger partial charge in [-0.2, -0.15) is 0 Å². The maximum atomic E-state index is 5.28. The summed E-state index contributed by atoms with van der Waals surface area (Å²) in [4.78, 5) is 10.2. The molecule has 2 saturated carbocycles. The van der Waals surface area contributed by atoms with Crippen LogP contribution in [-0.2, 0) is 0 Å². The van der Waals surface area contributed by atoms with E-state index in [2.05, 4.69) is 68.4 Å². The van der Waals surface area contributed by atoms with Crippen LogP contribution in [0.5, 0.6) is 0 Å². The number of rotatable bonds is 5. The Morgan fingerprint density at radius 2 is 1.42 bits per heavy atom. The van der Waals surface area contributed by atoms with Crippen LogP contribution in [0.4, 0.5) is 5.69 Å². The van der Waals surface area contributed by atoms with Gasteiger partial charge in [0.2, 0.25) is 0 Å². The third-order valence-electron chi connectivity index (χ3n) is 7.61. The molecule has 0 spiro atoms. The smallest absolute Gasteiger partial charge is 0.0849 e. The van der Waals surface area contributed by atoms with Gasteiger partial charge in [0.1, 0.15) is 0 Å². The molecular weight excluding hydrogens is 419 g/mol. The molecule has 1 aromatic heterocycles. The zero-order valence-electron chi connectivity index (χ0n) is 20.3. The Morgan fingerprint density at radius 3 is 2.06 bits per heavy atom. The van der Waals surface area contributed by atoms with Crippen molar-refractivity contribution in [2.75, 3.05) is 0 Å². The maximum absolute atomic E-state index is 5.28. The largest absolute Gasteiger partial charge is 0.252 e. The number of hydrogen-bond donors (Lipinski definition) is 0. The number of aromatic nitrogens is 1. The van der Waals surface area contributed by atoms with E-state index in [0.29, 0.717) is 0 Å². The predicted molar refractivity (Wildman–Crippen MR) is 145 cm³/mol. The molecule has 2 aromatic carbocycles. The summed E-state index contributed by atoms with van der Waals surface area (Å²) in [5, 5.41) is 2.87. The first-order valence-corrected chi connectivity index (χ1v) is 14.5. The first-order valence-electron chi connectivity index (χ1n) is 13.0. The highest BCUT2D eigenvalue weighted by molar-refractivity contribution is 7.67. The molecule has 0 aliphatic heterocycles. The van der Waals surface area contributed by atoms with Crippen LogP contribution in [0.15, 0.2) is 59.6 Å². The standard InChI is InChI=1S/C30H37N2P/c1-22-16-19-25(20-17-22)31-23(2)28-21-18-24-10-9-15-29(30(24)32-28)33(26-11-5-3-6-12-26)27-13-7-4-8-14-27/h9-10,15-21,26-27H,3-8,11-14H2,1-2H3. The number of nitrogens with zero attached hydrogens (tertiary/aromatic N) is 2. The molecular formula is C30H37N2P. The molecule has 0 N–H and O–H groups in total. The second-order valence-electron chi connectivity index (χ2n) is 10.1. The van der Waals surface area contributed by atoms with Gasteiger partial charge >= 0.3 is 0 Å². The molecule has 2 nitrogen and oxygen atoms in total. The first-order chi connectivity index (χ1) is 16.2. The van der Waals surface area contributed by atoms with Crippen molar-refractivity contribution in [2.24, 2.45) is 4.99 Å². The minimum Gasteiger partial charge on any atom is -0.252 e. The van der Waals surface area contributed by atoms with Crippen LogP contribution in [0.2, 0.25) is 0 Å². The van der Waals surface area contributed by atoms with Crippen LogP contribution in [0.25, 0.3) is 10.9 Å². The second-order valence-corrected chi connectivity index (χ2v) is 12.8. The van der Waals surface area contributed by atoms with Crippen molar-refractivity contribution in [2.45, 2.75) is 89.4 Å². The van der Waals surface area contributed by atoms with E-state index in [1.165, 1.54) is 80.7 Å². The van der Waals surface area contributed by atoms with Crippen LogP contribution < -0.4 is 5.30 Å². The molecule has 2 fully saturated rings. The summed E-state index contributed by atoms with van der Waals surface area (Å²) in [6.45, 7) is 4.21. The fourth-order valence-corrected chi connectivity index (χ4v) is 9.73. The van der Waals surface area contributed by atoms with Gasteiger partial charge < -0.3 is 0 Å². The quantitative estimate of drug-likeness (QED) is 0.279. The molecule has 0 atom stereocenters. The first kappa shape index (κ1) is 22.7. The minimum absolute atomic E-state index is 0.178. The predicted octanol–water partition coefficient (Wildman–Crippen LogP) is 8.46. The fraction of sp³-hybridized carbons (Fsp3) is 0.467. The molecule has 0 unspecified atom stereocenters. The highest BCUT2D eigenvalue weighted by Crippen LogP contribution is 2.55. The number of benzene rings is 2. The van der Waals surface area contributed by atoms with E-state index in [9.17, 15) is 0 Å². The zero-order valence-corrected chi connectivity index (χ0v) is 21.2. The summed E-state index contributed by atoms with van der Waals surface area (Å²) in [5.74, 6) is 0. The number of hydrogen-bond acceptors (Lipinski definition) is 2. The van der Waals surface area contributed by atoms with Crippen LogP contribution in [0, 0.1) is 6.92 Å². The lowest BCUT2D eigenvalue weighted by Crippen LogP contribution is -2.27. The Labute approximate surface area is 200 Å². The fourth-order valence-electron chi connectivity index (χ4n) is 5.82. The molecule has 0 saturated heterocycles. The summed E-state index contributed by atoms with van der Waals surface area (Å²) >= 11 is 0. The number of para-hydroxylation sites is 1. The normalized spacial score (nSPS) is 18.8. The topological polar surface area (TPSA) is 25.2 Å². The lowest BCUT2D eigenvalue weighted by atomic mass is 9.99. The Morgan fingerprint density at radius 1 is 0.788 bits per heavy atom. The van der Waals surface area contributed by atoms with Gasteiger partial charge in [-0.1, -0.05) is 88.4 Å². The molecule has 1 heterocycles. The summed E-state index contributed by atoms with van der Waals surface area (Å²) in [6.07, 6.45) is 14.2. The molecule has 0 radical (unpaired) electrons. The van der Waals surface area contributed by atoms with Gasteiger partial charge in [-0.25, -0.2) is 4.98 Å². The molecule has 5 rings (SSSR count). The Balaban J connectivity index is 1.55. The average Bonchev–Trinajstić information content (AvgIpc) is 2.87. The highest BCUT2D eigenvalue weighted by atomic mass is 31.1. The summed E-state index contributed by atoms with van der Waals surface area (Å²) in [7, 11) is -0.178. The molecule has 33 heavy (non-hydrogen) atoms.